The molecule has 3 nitrogen and oxygen atoms in total. The monoisotopic (exact) mass is 336 g/mol. The molecular formula is C18H19F3N2O. The molecule has 1 N–H and O–H groups in total. The summed E-state index contributed by atoms with van der Waals surface area (Å²) in [5, 5.41) is 10.1. The van der Waals surface area contributed by atoms with E-state index < -0.39 is 11.7 Å². The summed E-state index contributed by atoms with van der Waals surface area (Å²) in [4.78, 5) is 6.20. The molecule has 6 heteroatoms. The third-order valence-electron chi connectivity index (χ3n) is 3.69. The highest BCUT2D eigenvalue weighted by Crippen LogP contribution is 2.30. The highest BCUT2D eigenvalue weighted by Gasteiger charge is 2.29. The van der Waals surface area contributed by atoms with E-state index in [4.69, 9.17) is 0 Å². The van der Waals surface area contributed by atoms with Crippen molar-refractivity contribution in [2.24, 2.45) is 4.99 Å². The van der Waals surface area contributed by atoms with Gasteiger partial charge in [0.25, 0.3) is 0 Å². The van der Waals surface area contributed by atoms with Crippen LogP contribution < -0.4 is 4.90 Å². The highest BCUT2D eigenvalue weighted by molar-refractivity contribution is 5.86. The third-order valence-corrected chi connectivity index (χ3v) is 3.69. The summed E-state index contributed by atoms with van der Waals surface area (Å²) in [6.07, 6.45) is -2.93. The van der Waals surface area contributed by atoms with E-state index in [2.05, 4.69) is 9.89 Å². The zero-order valence-corrected chi connectivity index (χ0v) is 13.5. The summed E-state index contributed by atoms with van der Waals surface area (Å²) in [5.41, 5.74) is 1.08. The molecule has 0 aliphatic carbocycles. The second kappa shape index (κ2) is 7.38. The normalized spacial score (nSPS) is 11.9. The Morgan fingerprint density at radius 1 is 1.04 bits per heavy atom. The van der Waals surface area contributed by atoms with E-state index in [0.29, 0.717) is 11.3 Å². The van der Waals surface area contributed by atoms with Crippen molar-refractivity contribution in [2.45, 2.75) is 20.0 Å². The predicted molar refractivity (Wildman–Crippen MR) is 90.4 cm³/mol. The van der Waals surface area contributed by atoms with Crippen molar-refractivity contribution in [3.63, 3.8) is 0 Å². The molecule has 24 heavy (non-hydrogen) atoms. The van der Waals surface area contributed by atoms with Gasteiger partial charge in [-0.2, -0.15) is 13.2 Å². The highest BCUT2D eigenvalue weighted by atomic mass is 19.4. The molecule has 2 aromatic carbocycles. The lowest BCUT2D eigenvalue weighted by atomic mass is 10.1. The lowest BCUT2D eigenvalue weighted by Gasteiger charge is -2.21. The number of hydrogen-bond acceptors (Lipinski definition) is 3. The number of nitrogens with zero attached hydrogens (tertiary/aromatic N) is 2. The van der Waals surface area contributed by atoms with Crippen molar-refractivity contribution in [1.82, 2.24) is 0 Å². The van der Waals surface area contributed by atoms with Gasteiger partial charge >= 0.3 is 6.18 Å². The van der Waals surface area contributed by atoms with Crippen LogP contribution in [0, 0.1) is 0 Å². The van der Waals surface area contributed by atoms with E-state index in [0.717, 1.165) is 30.9 Å². The number of halogens is 3. The van der Waals surface area contributed by atoms with Crippen molar-refractivity contribution in [1.29, 1.82) is 0 Å². The number of aromatic hydroxyl groups is 1. The topological polar surface area (TPSA) is 35.8 Å². The molecule has 0 fully saturated rings. The molecule has 0 heterocycles. The maximum absolute atomic E-state index is 12.5. The maximum Gasteiger partial charge on any atom is 0.416 e. The predicted octanol–water partition coefficient (Wildman–Crippen LogP) is 5.01. The second-order valence-corrected chi connectivity index (χ2v) is 5.22. The summed E-state index contributed by atoms with van der Waals surface area (Å²) in [6, 6.07) is 9.81. The maximum atomic E-state index is 12.5. The lowest BCUT2D eigenvalue weighted by Crippen LogP contribution is -2.21. The minimum absolute atomic E-state index is 0.0788. The van der Waals surface area contributed by atoms with Crippen molar-refractivity contribution < 1.29 is 18.3 Å². The van der Waals surface area contributed by atoms with Crippen LogP contribution in [0.5, 0.6) is 5.75 Å². The molecule has 0 amide bonds. The van der Waals surface area contributed by atoms with Crippen molar-refractivity contribution in [2.75, 3.05) is 18.0 Å². The Morgan fingerprint density at radius 3 is 2.17 bits per heavy atom. The van der Waals surface area contributed by atoms with Crippen LogP contribution in [0.3, 0.4) is 0 Å². The molecule has 0 atom stereocenters. The Kier molecular flexibility index (Phi) is 5.49. The average Bonchev–Trinajstić information content (AvgIpc) is 2.55. The van der Waals surface area contributed by atoms with Crippen LogP contribution in [-0.4, -0.2) is 24.4 Å². The van der Waals surface area contributed by atoms with Crippen LogP contribution in [-0.2, 0) is 6.18 Å². The molecule has 2 rings (SSSR count). The fourth-order valence-corrected chi connectivity index (χ4v) is 2.31. The van der Waals surface area contributed by atoms with E-state index >= 15 is 0 Å². The summed E-state index contributed by atoms with van der Waals surface area (Å²) < 4.78 is 37.5. The van der Waals surface area contributed by atoms with Crippen molar-refractivity contribution in [3.8, 4) is 5.75 Å². The first-order valence-electron chi connectivity index (χ1n) is 7.64. The third kappa shape index (κ3) is 4.28. The van der Waals surface area contributed by atoms with Crippen LogP contribution in [0.15, 0.2) is 47.5 Å². The molecule has 0 aromatic heterocycles. The Morgan fingerprint density at radius 2 is 1.67 bits per heavy atom. The van der Waals surface area contributed by atoms with E-state index in [-0.39, 0.29) is 5.75 Å². The van der Waals surface area contributed by atoms with Gasteiger partial charge in [0, 0.05) is 36.6 Å². The fraction of sp³-hybridized carbons (Fsp3) is 0.278. The minimum Gasteiger partial charge on any atom is -0.507 e. The van der Waals surface area contributed by atoms with Crippen LogP contribution in [0.4, 0.5) is 24.5 Å². The van der Waals surface area contributed by atoms with E-state index in [1.807, 2.05) is 19.9 Å². The second-order valence-electron chi connectivity index (χ2n) is 5.22. The number of aliphatic imine (C=N–C) groups is 1. The molecule has 0 bridgehead atoms. The minimum atomic E-state index is -4.36. The number of alkyl halides is 3. The number of hydrogen-bond donors (Lipinski definition) is 1. The van der Waals surface area contributed by atoms with Gasteiger partial charge in [-0.3, -0.25) is 4.99 Å². The fourth-order valence-electron chi connectivity index (χ4n) is 2.31. The van der Waals surface area contributed by atoms with Gasteiger partial charge in [-0.25, -0.2) is 0 Å². The molecule has 0 unspecified atom stereocenters. The molecule has 2 aromatic rings. The molecule has 0 spiro atoms. The average molecular weight is 336 g/mol. The van der Waals surface area contributed by atoms with E-state index in [1.165, 1.54) is 18.3 Å². The molecule has 0 saturated carbocycles. The first-order valence-corrected chi connectivity index (χ1v) is 7.64. The summed E-state index contributed by atoms with van der Waals surface area (Å²) in [6.45, 7) is 5.71. The summed E-state index contributed by atoms with van der Waals surface area (Å²) in [5.74, 6) is 0.0788. The van der Waals surface area contributed by atoms with Gasteiger partial charge in [0.2, 0.25) is 0 Å². The van der Waals surface area contributed by atoms with Crippen LogP contribution >= 0.6 is 0 Å². The standard InChI is InChI=1S/C18H19F3N2O/c1-3-23(4-2)16-10-5-13(17(24)11-16)12-22-15-8-6-14(7-9-15)18(19,20)21/h5-12,24H,3-4H2,1-2H3/b22-12+. The number of benzene rings is 2. The molecular weight excluding hydrogens is 317 g/mol. The van der Waals surface area contributed by atoms with Gasteiger partial charge in [0.15, 0.2) is 0 Å². The molecule has 0 aliphatic rings. The summed E-state index contributed by atoms with van der Waals surface area (Å²) >= 11 is 0. The zero-order valence-electron chi connectivity index (χ0n) is 13.5. The first kappa shape index (κ1) is 17.8. The van der Waals surface area contributed by atoms with Crippen molar-refractivity contribution >= 4 is 17.6 Å². The van der Waals surface area contributed by atoms with Gasteiger partial charge in [-0.05, 0) is 50.2 Å². The van der Waals surface area contributed by atoms with Gasteiger partial charge in [-0.1, -0.05) is 0 Å². The summed E-state index contributed by atoms with van der Waals surface area (Å²) in [7, 11) is 0. The molecule has 0 aliphatic heterocycles. The Bertz CT molecular complexity index is 705. The Labute approximate surface area is 139 Å². The Balaban J connectivity index is 2.17. The number of anilines is 1. The number of phenols is 1. The molecule has 0 saturated heterocycles. The van der Waals surface area contributed by atoms with Gasteiger partial charge in [0.05, 0.1) is 11.3 Å². The smallest absolute Gasteiger partial charge is 0.416 e. The largest absolute Gasteiger partial charge is 0.507 e. The molecule has 0 radical (unpaired) electrons. The van der Waals surface area contributed by atoms with Crippen LogP contribution in [0.1, 0.15) is 25.0 Å². The van der Waals surface area contributed by atoms with Gasteiger partial charge in [0.1, 0.15) is 5.75 Å². The molecule has 128 valence electrons. The number of phenolic OH excluding ortho intramolecular Hbond substituents is 1. The first-order chi connectivity index (χ1) is 11.3. The number of rotatable bonds is 5. The van der Waals surface area contributed by atoms with Gasteiger partial charge in [-0.15, -0.1) is 0 Å². The lowest BCUT2D eigenvalue weighted by molar-refractivity contribution is -0.137. The van der Waals surface area contributed by atoms with E-state index in [9.17, 15) is 18.3 Å². The van der Waals surface area contributed by atoms with Crippen LogP contribution in [0.25, 0.3) is 0 Å². The quantitative estimate of drug-likeness (QED) is 0.779. The van der Waals surface area contributed by atoms with Crippen molar-refractivity contribution in [3.05, 3.63) is 53.6 Å². The SMILES string of the molecule is CCN(CC)c1ccc(/C=N/c2ccc(C(F)(F)F)cc2)c(O)c1. The van der Waals surface area contributed by atoms with Crippen LogP contribution in [0.2, 0.25) is 0 Å². The zero-order chi connectivity index (χ0) is 17.7. The Hall–Kier alpha value is -2.50. The van der Waals surface area contributed by atoms with E-state index in [1.54, 1.807) is 12.1 Å². The van der Waals surface area contributed by atoms with Gasteiger partial charge < -0.3 is 10.0 Å².